The third-order valence-electron chi connectivity index (χ3n) is 5.08. The molecule has 0 N–H and O–H groups in total. The molecule has 1 heterocycles. The summed E-state index contributed by atoms with van der Waals surface area (Å²) < 4.78 is 0. The Kier molecular flexibility index (Phi) is 5.55. The van der Waals surface area contributed by atoms with Gasteiger partial charge in [-0.3, -0.25) is 19.3 Å². The third kappa shape index (κ3) is 3.52. The van der Waals surface area contributed by atoms with Crippen LogP contribution < -0.4 is 0 Å². The Morgan fingerprint density at radius 3 is 2.14 bits per heavy atom. The van der Waals surface area contributed by atoms with Crippen LogP contribution in [0.15, 0.2) is 48.5 Å². The van der Waals surface area contributed by atoms with Gasteiger partial charge < -0.3 is 4.90 Å². The summed E-state index contributed by atoms with van der Waals surface area (Å²) in [4.78, 5) is 40.5. The van der Waals surface area contributed by atoms with E-state index in [4.69, 9.17) is 5.26 Å². The molecule has 0 bridgehead atoms. The van der Waals surface area contributed by atoms with E-state index < -0.39 is 0 Å². The molecular formula is C22H21N3O3. The molecule has 0 aliphatic carbocycles. The van der Waals surface area contributed by atoms with Gasteiger partial charge in [0.15, 0.2) is 0 Å². The predicted molar refractivity (Wildman–Crippen MR) is 103 cm³/mol. The maximum atomic E-state index is 12.8. The molecular weight excluding hydrogens is 354 g/mol. The second-order valence-electron chi connectivity index (χ2n) is 6.65. The zero-order valence-electron chi connectivity index (χ0n) is 15.9. The summed E-state index contributed by atoms with van der Waals surface area (Å²) in [7, 11) is 0. The Labute approximate surface area is 164 Å². The molecule has 28 heavy (non-hydrogen) atoms. The number of hydrogen-bond acceptors (Lipinski definition) is 4. The minimum atomic E-state index is -0.350. The normalized spacial score (nSPS) is 13.8. The van der Waals surface area contributed by atoms with Gasteiger partial charge in [0.1, 0.15) is 0 Å². The van der Waals surface area contributed by atoms with Crippen LogP contribution in [0.25, 0.3) is 0 Å². The summed E-state index contributed by atoms with van der Waals surface area (Å²) in [5.74, 6) is -0.830. The highest BCUT2D eigenvalue weighted by Gasteiger charge is 2.35. The van der Waals surface area contributed by atoms with E-state index in [1.54, 1.807) is 41.3 Å². The Morgan fingerprint density at radius 2 is 1.64 bits per heavy atom. The second kappa shape index (κ2) is 8.05. The first kappa shape index (κ1) is 19.3. The Morgan fingerprint density at radius 1 is 1.07 bits per heavy atom. The van der Waals surface area contributed by atoms with E-state index in [0.717, 1.165) is 10.5 Å². The van der Waals surface area contributed by atoms with Crippen molar-refractivity contribution in [1.82, 2.24) is 9.80 Å². The lowest BCUT2D eigenvalue weighted by Crippen LogP contribution is -2.38. The van der Waals surface area contributed by atoms with Crippen LogP contribution in [-0.2, 0) is 4.79 Å². The second-order valence-corrected chi connectivity index (χ2v) is 6.65. The fourth-order valence-electron chi connectivity index (χ4n) is 3.48. The molecule has 1 aliphatic rings. The van der Waals surface area contributed by atoms with Crippen molar-refractivity contribution in [3.8, 4) is 6.07 Å². The Hall–Kier alpha value is -3.46. The quantitative estimate of drug-likeness (QED) is 0.726. The van der Waals surface area contributed by atoms with Gasteiger partial charge in [0, 0.05) is 19.5 Å². The van der Waals surface area contributed by atoms with E-state index >= 15 is 0 Å². The van der Waals surface area contributed by atoms with Crippen molar-refractivity contribution in [2.24, 2.45) is 0 Å². The van der Waals surface area contributed by atoms with Gasteiger partial charge in [-0.15, -0.1) is 0 Å². The average Bonchev–Trinajstić information content (AvgIpc) is 2.97. The molecule has 6 nitrogen and oxygen atoms in total. The van der Waals surface area contributed by atoms with Crippen molar-refractivity contribution < 1.29 is 14.4 Å². The fourth-order valence-corrected chi connectivity index (χ4v) is 3.48. The van der Waals surface area contributed by atoms with E-state index in [-0.39, 0.29) is 36.7 Å². The Bertz CT molecular complexity index is 925. The number of fused-ring (bicyclic) bond motifs is 1. The highest BCUT2D eigenvalue weighted by molar-refractivity contribution is 6.21. The van der Waals surface area contributed by atoms with Crippen molar-refractivity contribution in [3.05, 3.63) is 70.8 Å². The van der Waals surface area contributed by atoms with Crippen LogP contribution in [0.4, 0.5) is 0 Å². The topological polar surface area (TPSA) is 81.5 Å². The first-order valence-electron chi connectivity index (χ1n) is 9.22. The smallest absolute Gasteiger partial charge is 0.261 e. The lowest BCUT2D eigenvalue weighted by molar-refractivity contribution is -0.133. The molecule has 142 valence electrons. The first-order valence-corrected chi connectivity index (χ1v) is 9.22. The monoisotopic (exact) mass is 375 g/mol. The van der Waals surface area contributed by atoms with Gasteiger partial charge in [-0.05, 0) is 43.7 Å². The number of benzene rings is 2. The van der Waals surface area contributed by atoms with E-state index in [2.05, 4.69) is 6.07 Å². The van der Waals surface area contributed by atoms with Crippen LogP contribution in [0, 0.1) is 11.3 Å². The molecule has 0 fully saturated rings. The average molecular weight is 375 g/mol. The van der Waals surface area contributed by atoms with Crippen LogP contribution in [-0.4, -0.2) is 40.6 Å². The lowest BCUT2D eigenvalue weighted by atomic mass is 10.0. The van der Waals surface area contributed by atoms with E-state index in [0.29, 0.717) is 23.2 Å². The Balaban J connectivity index is 1.67. The van der Waals surface area contributed by atoms with Gasteiger partial charge in [-0.2, -0.15) is 5.26 Å². The molecule has 0 aromatic heterocycles. The van der Waals surface area contributed by atoms with Crippen molar-refractivity contribution in [1.29, 1.82) is 5.26 Å². The number of hydrogen-bond donors (Lipinski definition) is 0. The molecule has 1 unspecified atom stereocenters. The van der Waals surface area contributed by atoms with Crippen LogP contribution in [0.3, 0.4) is 0 Å². The highest BCUT2D eigenvalue weighted by Crippen LogP contribution is 2.24. The molecule has 1 aliphatic heterocycles. The molecule has 2 aromatic rings. The molecule has 1 atom stereocenters. The van der Waals surface area contributed by atoms with Crippen LogP contribution >= 0.6 is 0 Å². The molecule has 2 aromatic carbocycles. The van der Waals surface area contributed by atoms with Crippen molar-refractivity contribution in [3.63, 3.8) is 0 Å². The van der Waals surface area contributed by atoms with Crippen LogP contribution in [0.1, 0.15) is 58.2 Å². The van der Waals surface area contributed by atoms with Gasteiger partial charge >= 0.3 is 0 Å². The number of amides is 3. The molecule has 0 saturated heterocycles. The number of carbonyl (C=O) groups is 3. The van der Waals surface area contributed by atoms with Gasteiger partial charge in [0.2, 0.25) is 5.91 Å². The van der Waals surface area contributed by atoms with E-state index in [1.807, 2.05) is 26.0 Å². The minimum Gasteiger partial charge on any atom is -0.336 e. The lowest BCUT2D eigenvalue weighted by Gasteiger charge is -2.29. The molecule has 0 saturated carbocycles. The number of nitrogens with zero attached hydrogens (tertiary/aromatic N) is 3. The van der Waals surface area contributed by atoms with Crippen LogP contribution in [0.2, 0.25) is 0 Å². The zero-order valence-corrected chi connectivity index (χ0v) is 15.9. The zero-order chi connectivity index (χ0) is 20.3. The van der Waals surface area contributed by atoms with Gasteiger partial charge in [0.25, 0.3) is 11.8 Å². The van der Waals surface area contributed by atoms with Gasteiger partial charge in [-0.25, -0.2) is 0 Å². The van der Waals surface area contributed by atoms with Crippen LogP contribution in [0.5, 0.6) is 0 Å². The van der Waals surface area contributed by atoms with E-state index in [1.165, 1.54) is 0 Å². The third-order valence-corrected chi connectivity index (χ3v) is 5.08. The summed E-state index contributed by atoms with van der Waals surface area (Å²) in [6, 6.07) is 15.7. The highest BCUT2D eigenvalue weighted by atomic mass is 16.2. The number of carbonyl (C=O) groups excluding carboxylic acids is 3. The minimum absolute atomic E-state index is 0.0573. The maximum Gasteiger partial charge on any atom is 0.261 e. The summed E-state index contributed by atoms with van der Waals surface area (Å²) >= 11 is 0. The maximum absolute atomic E-state index is 12.8. The fraction of sp³-hybridized carbons (Fsp3) is 0.273. The summed E-state index contributed by atoms with van der Waals surface area (Å²) in [6.07, 6.45) is 0.0694. The molecule has 0 spiro atoms. The molecule has 0 radical (unpaired) electrons. The summed E-state index contributed by atoms with van der Waals surface area (Å²) in [5, 5.41) is 8.92. The van der Waals surface area contributed by atoms with Crippen molar-refractivity contribution in [2.75, 3.05) is 13.1 Å². The van der Waals surface area contributed by atoms with Crippen molar-refractivity contribution in [2.45, 2.75) is 26.3 Å². The number of imide groups is 1. The summed E-state index contributed by atoms with van der Waals surface area (Å²) in [5.41, 5.74) is 2.27. The standard InChI is InChI=1S/C22H21N3O3/c1-3-24(15(2)17-10-8-16(14-23)9-11-17)20(26)12-13-25-21(27)18-6-4-5-7-19(18)22(25)28/h4-11,15H,3,12-13H2,1-2H3. The molecule has 3 amide bonds. The van der Waals surface area contributed by atoms with Gasteiger partial charge in [0.05, 0.1) is 28.8 Å². The van der Waals surface area contributed by atoms with E-state index in [9.17, 15) is 14.4 Å². The number of rotatable bonds is 6. The summed E-state index contributed by atoms with van der Waals surface area (Å²) in [6.45, 7) is 4.37. The SMILES string of the molecule is CCN(C(=O)CCN1C(=O)c2ccccc2C1=O)C(C)c1ccc(C#N)cc1. The molecule has 6 heteroatoms. The largest absolute Gasteiger partial charge is 0.336 e. The number of nitriles is 1. The van der Waals surface area contributed by atoms with Crippen molar-refractivity contribution >= 4 is 17.7 Å². The first-order chi connectivity index (χ1) is 13.5. The molecule has 3 rings (SSSR count). The predicted octanol–water partition coefficient (Wildman–Crippen LogP) is 3.15. The van der Waals surface area contributed by atoms with Gasteiger partial charge in [-0.1, -0.05) is 24.3 Å².